The molecule has 1 N–H and O–H groups in total. The number of imide groups is 1. The zero-order valence-electron chi connectivity index (χ0n) is 14.0. The largest absolute Gasteiger partial charge is 0.497 e. The third-order valence-corrected chi connectivity index (χ3v) is 5.03. The molecule has 0 aromatic heterocycles. The summed E-state index contributed by atoms with van der Waals surface area (Å²) in [6.07, 6.45) is 2.11. The van der Waals surface area contributed by atoms with Crippen LogP contribution in [-0.4, -0.2) is 56.5 Å². The maximum absolute atomic E-state index is 12.5. The van der Waals surface area contributed by atoms with Crippen molar-refractivity contribution in [3.63, 3.8) is 0 Å². The van der Waals surface area contributed by atoms with Crippen molar-refractivity contribution in [2.75, 3.05) is 25.7 Å². The van der Waals surface area contributed by atoms with Gasteiger partial charge in [0, 0.05) is 12.8 Å². The second-order valence-corrected chi connectivity index (χ2v) is 8.46. The first-order valence-electron chi connectivity index (χ1n) is 7.59. The Labute approximate surface area is 141 Å². The molecule has 24 heavy (non-hydrogen) atoms. The molecule has 2 rings (SSSR count). The minimum atomic E-state index is -3.24. The molecule has 0 unspecified atom stereocenters. The molecule has 1 aliphatic rings. The first-order valence-corrected chi connectivity index (χ1v) is 9.65. The van der Waals surface area contributed by atoms with Crippen LogP contribution in [0.4, 0.5) is 4.79 Å². The Morgan fingerprint density at radius 1 is 1.21 bits per heavy atom. The summed E-state index contributed by atoms with van der Waals surface area (Å²) in [6.45, 7) is 1.54. The van der Waals surface area contributed by atoms with Gasteiger partial charge in [0.05, 0.1) is 12.9 Å². The summed E-state index contributed by atoms with van der Waals surface area (Å²) in [5.41, 5.74) is 0.00258. The lowest BCUT2D eigenvalue weighted by atomic mass is 9.93. The summed E-state index contributed by atoms with van der Waals surface area (Å²) in [5.74, 6) is 0.132. The number of methoxy groups -OCH3 is 1. The lowest BCUT2D eigenvalue weighted by Crippen LogP contribution is -2.44. The van der Waals surface area contributed by atoms with E-state index in [1.807, 2.05) is 24.3 Å². The zero-order chi connectivity index (χ0) is 18.0. The summed E-state index contributed by atoms with van der Waals surface area (Å²) in [6, 6.07) is 6.95. The summed E-state index contributed by atoms with van der Waals surface area (Å²) >= 11 is 0. The van der Waals surface area contributed by atoms with Crippen LogP contribution in [0.1, 0.15) is 18.9 Å². The molecular formula is C16H22N2O5S. The van der Waals surface area contributed by atoms with Crippen LogP contribution in [-0.2, 0) is 21.1 Å². The fourth-order valence-electron chi connectivity index (χ4n) is 2.56. The number of benzene rings is 1. The normalized spacial score (nSPS) is 21.0. The maximum atomic E-state index is 12.5. The molecule has 1 aliphatic heterocycles. The van der Waals surface area contributed by atoms with Crippen molar-refractivity contribution in [3.05, 3.63) is 29.8 Å². The second kappa shape index (κ2) is 6.80. The zero-order valence-corrected chi connectivity index (χ0v) is 14.9. The molecule has 0 aliphatic carbocycles. The fourth-order valence-corrected chi connectivity index (χ4v) is 3.08. The number of sulfone groups is 1. The maximum Gasteiger partial charge on any atom is 0.325 e. The highest BCUT2D eigenvalue weighted by Gasteiger charge is 2.47. The van der Waals surface area contributed by atoms with Gasteiger partial charge >= 0.3 is 6.03 Å². The lowest BCUT2D eigenvalue weighted by molar-refractivity contribution is -0.130. The van der Waals surface area contributed by atoms with E-state index in [0.717, 1.165) is 22.5 Å². The highest BCUT2D eigenvalue weighted by atomic mass is 32.2. The fraction of sp³-hybridized carbons (Fsp3) is 0.500. The van der Waals surface area contributed by atoms with Gasteiger partial charge in [-0.3, -0.25) is 9.69 Å². The molecule has 1 aromatic rings. The van der Waals surface area contributed by atoms with Crippen LogP contribution in [0.5, 0.6) is 5.75 Å². The highest BCUT2D eigenvalue weighted by molar-refractivity contribution is 7.90. The van der Waals surface area contributed by atoms with E-state index in [2.05, 4.69) is 5.32 Å². The van der Waals surface area contributed by atoms with Crippen molar-refractivity contribution >= 4 is 21.8 Å². The van der Waals surface area contributed by atoms with Gasteiger partial charge in [-0.2, -0.15) is 0 Å². The third-order valence-electron chi connectivity index (χ3n) is 4.10. The summed E-state index contributed by atoms with van der Waals surface area (Å²) in [5, 5.41) is 2.68. The van der Waals surface area contributed by atoms with Crippen molar-refractivity contribution in [2.24, 2.45) is 0 Å². The van der Waals surface area contributed by atoms with E-state index in [0.29, 0.717) is 12.8 Å². The number of hydrogen-bond donors (Lipinski definition) is 1. The van der Waals surface area contributed by atoms with Gasteiger partial charge in [-0.15, -0.1) is 0 Å². The predicted octanol–water partition coefficient (Wildman–Crippen LogP) is 0.983. The summed E-state index contributed by atoms with van der Waals surface area (Å²) in [7, 11) is -1.65. The molecule has 1 saturated heterocycles. The molecule has 8 heteroatoms. The molecule has 1 atom stereocenters. The van der Waals surface area contributed by atoms with Gasteiger partial charge in [0.1, 0.15) is 21.1 Å². The van der Waals surface area contributed by atoms with Crippen LogP contribution < -0.4 is 10.1 Å². The SMILES string of the molecule is COc1ccc(CC[C@@]2(C)NC(=O)N(CCS(C)(=O)=O)C2=O)cc1. The van der Waals surface area contributed by atoms with Crippen LogP contribution in [0.25, 0.3) is 0 Å². The number of amides is 3. The number of nitrogens with one attached hydrogen (secondary N) is 1. The molecular weight excluding hydrogens is 332 g/mol. The number of rotatable bonds is 7. The molecule has 7 nitrogen and oxygen atoms in total. The van der Waals surface area contributed by atoms with Crippen molar-refractivity contribution in [1.29, 1.82) is 0 Å². The third kappa shape index (κ3) is 4.25. The Kier molecular flexibility index (Phi) is 5.17. The molecule has 0 spiro atoms. The molecule has 1 aromatic carbocycles. The molecule has 0 radical (unpaired) electrons. The average Bonchev–Trinajstić information content (AvgIpc) is 2.73. The Balaban J connectivity index is 2.01. The van der Waals surface area contributed by atoms with Crippen LogP contribution in [0, 0.1) is 0 Å². The number of ether oxygens (including phenoxy) is 1. The molecule has 1 heterocycles. The highest BCUT2D eigenvalue weighted by Crippen LogP contribution is 2.24. The number of carbonyl (C=O) groups excluding carboxylic acids is 2. The molecule has 0 bridgehead atoms. The van der Waals surface area contributed by atoms with Crippen LogP contribution in [0.3, 0.4) is 0 Å². The Morgan fingerprint density at radius 2 is 1.83 bits per heavy atom. The van der Waals surface area contributed by atoms with Crippen molar-refractivity contribution < 1.29 is 22.7 Å². The van der Waals surface area contributed by atoms with Gasteiger partial charge in [0.15, 0.2) is 0 Å². The van der Waals surface area contributed by atoms with E-state index in [9.17, 15) is 18.0 Å². The van der Waals surface area contributed by atoms with Gasteiger partial charge in [-0.1, -0.05) is 12.1 Å². The number of hydrogen-bond acceptors (Lipinski definition) is 5. The van der Waals surface area contributed by atoms with Gasteiger partial charge in [0.25, 0.3) is 5.91 Å². The average molecular weight is 354 g/mol. The number of aryl methyl sites for hydroxylation is 1. The molecule has 132 valence electrons. The number of carbonyl (C=O) groups is 2. The van der Waals surface area contributed by atoms with E-state index < -0.39 is 21.4 Å². The topological polar surface area (TPSA) is 92.8 Å². The molecule has 0 saturated carbocycles. The standard InChI is InChI=1S/C16H22N2O5S/c1-16(9-8-12-4-6-13(23-2)7-5-12)14(19)18(15(20)17-16)10-11-24(3,21)22/h4-7H,8-11H2,1-3H3,(H,17,20)/t16-/m1/s1. The first kappa shape index (κ1) is 18.3. The van der Waals surface area contributed by atoms with Gasteiger partial charge in [-0.25, -0.2) is 13.2 Å². The van der Waals surface area contributed by atoms with Gasteiger partial charge in [-0.05, 0) is 37.5 Å². The minimum Gasteiger partial charge on any atom is -0.497 e. The smallest absolute Gasteiger partial charge is 0.325 e. The van der Waals surface area contributed by atoms with Gasteiger partial charge < -0.3 is 10.1 Å². The second-order valence-electron chi connectivity index (χ2n) is 6.20. The van der Waals surface area contributed by atoms with Crippen molar-refractivity contribution in [3.8, 4) is 5.75 Å². The van der Waals surface area contributed by atoms with E-state index in [-0.39, 0.29) is 18.2 Å². The van der Waals surface area contributed by atoms with Crippen LogP contribution in [0.2, 0.25) is 0 Å². The first-order chi connectivity index (χ1) is 11.1. The van der Waals surface area contributed by atoms with Crippen LogP contribution >= 0.6 is 0 Å². The van der Waals surface area contributed by atoms with Gasteiger partial charge in [0.2, 0.25) is 0 Å². The van der Waals surface area contributed by atoms with Crippen LogP contribution in [0.15, 0.2) is 24.3 Å². The molecule has 1 fully saturated rings. The minimum absolute atomic E-state index is 0.123. The predicted molar refractivity (Wildman–Crippen MR) is 89.7 cm³/mol. The van der Waals surface area contributed by atoms with E-state index in [1.165, 1.54) is 0 Å². The Morgan fingerprint density at radius 3 is 2.38 bits per heavy atom. The Hall–Kier alpha value is -2.09. The van der Waals surface area contributed by atoms with E-state index in [1.54, 1.807) is 14.0 Å². The lowest BCUT2D eigenvalue weighted by Gasteiger charge is -2.21. The van der Waals surface area contributed by atoms with E-state index >= 15 is 0 Å². The number of urea groups is 1. The monoisotopic (exact) mass is 354 g/mol. The summed E-state index contributed by atoms with van der Waals surface area (Å²) in [4.78, 5) is 25.5. The van der Waals surface area contributed by atoms with Crippen molar-refractivity contribution in [1.82, 2.24) is 10.2 Å². The van der Waals surface area contributed by atoms with E-state index in [4.69, 9.17) is 4.74 Å². The molecule has 3 amide bonds. The number of nitrogens with zero attached hydrogens (tertiary/aromatic N) is 1. The Bertz CT molecular complexity index is 729. The summed E-state index contributed by atoms with van der Waals surface area (Å²) < 4.78 is 27.6. The van der Waals surface area contributed by atoms with Crippen molar-refractivity contribution in [2.45, 2.75) is 25.3 Å². The quantitative estimate of drug-likeness (QED) is 0.737.